The summed E-state index contributed by atoms with van der Waals surface area (Å²) < 4.78 is 180. The molecule has 0 saturated carbocycles. The van der Waals surface area contributed by atoms with Gasteiger partial charge < -0.3 is 13.7 Å². The van der Waals surface area contributed by atoms with E-state index in [1.807, 2.05) is 19.9 Å². The van der Waals surface area contributed by atoms with E-state index in [1.165, 1.54) is 9.80 Å². The van der Waals surface area contributed by atoms with Crippen molar-refractivity contribution in [2.24, 2.45) is 0 Å². The van der Waals surface area contributed by atoms with Crippen molar-refractivity contribution in [1.82, 2.24) is 0 Å². The molecule has 7 aromatic rings. The second kappa shape index (κ2) is 14.6. The highest BCUT2D eigenvalue weighted by atomic mass is 16.4. The monoisotopic (exact) mass is 932 g/mol. The number of hydrogen-bond acceptors (Lipinski definition) is 4. The highest BCUT2D eigenvalue weighted by Gasteiger charge is 2.54. The zero-order valence-corrected chi connectivity index (χ0v) is 43.3. The van der Waals surface area contributed by atoms with Crippen molar-refractivity contribution in [3.8, 4) is 0 Å². The van der Waals surface area contributed by atoms with Crippen molar-refractivity contribution in [2.45, 2.75) is 181 Å². The predicted octanol–water partition coefficient (Wildman–Crippen LogP) is 16.0. The van der Waals surface area contributed by atoms with Gasteiger partial charge in [-0.1, -0.05) is 165 Å². The largest absolute Gasteiger partial charge is 0.472 e. The Labute approximate surface area is 437 Å². The molecular formula is C64H75BN2O2. The first-order valence-corrected chi connectivity index (χ1v) is 24.6. The fourth-order valence-electron chi connectivity index (χ4n) is 11.5. The molecule has 0 saturated heterocycles. The molecule has 5 aromatic carbocycles. The third-order valence-electron chi connectivity index (χ3n) is 16.1. The van der Waals surface area contributed by atoms with Gasteiger partial charge in [0.15, 0.2) is 0 Å². The Bertz CT molecular complexity index is 4130. The summed E-state index contributed by atoms with van der Waals surface area (Å²) in [6.45, 7) is 26.3. The Balaban J connectivity index is 1.45. The number of fused-ring (bicyclic) bond motifs is 9. The summed E-state index contributed by atoms with van der Waals surface area (Å²) in [7, 11) is 0. The summed E-state index contributed by atoms with van der Waals surface area (Å²) in [4.78, 5) is 2.85. The molecule has 0 bridgehead atoms. The van der Waals surface area contributed by atoms with Crippen LogP contribution in [0.15, 0.2) is 106 Å². The minimum atomic E-state index is -3.27. The summed E-state index contributed by atoms with van der Waals surface area (Å²) in [6.07, 6.45) is 2.90. The van der Waals surface area contributed by atoms with E-state index >= 15 is 0 Å². The van der Waals surface area contributed by atoms with Gasteiger partial charge in [0.1, 0.15) is 11.3 Å². The highest BCUT2D eigenvalue weighted by molar-refractivity contribution is 7.01. The maximum atomic E-state index is 10.7. The number of nitrogens with zero attached hydrogens (tertiary/aromatic N) is 2. The quantitative estimate of drug-likeness (QED) is 0.165. The number of furan rings is 2. The van der Waals surface area contributed by atoms with Gasteiger partial charge in [-0.05, 0) is 146 Å². The van der Waals surface area contributed by atoms with Crippen LogP contribution >= 0.6 is 0 Å². The molecule has 0 spiro atoms. The second-order valence-electron chi connectivity index (χ2n) is 25.4. The molecule has 0 unspecified atom stereocenters. The van der Waals surface area contributed by atoms with Crippen LogP contribution in [0.4, 0.5) is 34.3 Å². The SMILES string of the molecule is [2H]c1c([2H])c([2H])c(C(C)(C)c2c([2H])c(C(C)(C)C)c([2H])c([2H])c2N2c3c([2H])c(C([2H])([2H])[2H])c([2H])c4c3B(c3oc5c(c32)C(C)(C)CCC5(C)C)c2c(oc3cc5c(cc23)C(C)(C)CCC5(C)C)N4c2c([2H])c([2H])c(C(C)(C)C)c([2H])c2[2H])c([2H])c1[2H]. The van der Waals surface area contributed by atoms with Crippen LogP contribution in [0.1, 0.15) is 210 Å². The fraction of sp³-hybridized carbons (Fsp3) is 0.438. The molecule has 4 nitrogen and oxygen atoms in total. The van der Waals surface area contributed by atoms with Crippen LogP contribution in [0.25, 0.3) is 11.0 Å². The van der Waals surface area contributed by atoms with Crippen LogP contribution in [-0.2, 0) is 37.9 Å². The van der Waals surface area contributed by atoms with Gasteiger partial charge in [-0.15, -0.1) is 0 Å². The molecule has 0 atom stereocenters. The topological polar surface area (TPSA) is 32.8 Å². The van der Waals surface area contributed by atoms with E-state index in [0.717, 1.165) is 24.0 Å². The second-order valence-corrected chi connectivity index (χ2v) is 25.4. The molecule has 5 heteroatoms. The molecule has 4 heterocycles. The first-order valence-electron chi connectivity index (χ1n) is 33.1. The molecule has 69 heavy (non-hydrogen) atoms. The van der Waals surface area contributed by atoms with Crippen LogP contribution in [0.2, 0.25) is 0 Å². The van der Waals surface area contributed by atoms with Crippen molar-refractivity contribution in [2.75, 3.05) is 9.80 Å². The average molecular weight is 932 g/mol. The van der Waals surface area contributed by atoms with Gasteiger partial charge in [0, 0.05) is 48.4 Å². The van der Waals surface area contributed by atoms with E-state index in [1.54, 1.807) is 55.4 Å². The molecule has 2 aliphatic carbocycles. The van der Waals surface area contributed by atoms with Crippen LogP contribution in [0.3, 0.4) is 0 Å². The lowest BCUT2D eigenvalue weighted by Crippen LogP contribution is -2.61. The van der Waals surface area contributed by atoms with E-state index in [9.17, 15) is 19.2 Å². The maximum Gasteiger partial charge on any atom is 0.302 e. The Morgan fingerprint density at radius 3 is 1.78 bits per heavy atom. The normalized spacial score (nSPS) is 22.3. The smallest absolute Gasteiger partial charge is 0.302 e. The number of anilines is 6. The van der Waals surface area contributed by atoms with E-state index in [2.05, 4.69) is 47.6 Å². The first kappa shape index (κ1) is 30.4. The zero-order valence-electron chi connectivity index (χ0n) is 60.3. The van der Waals surface area contributed by atoms with Gasteiger partial charge in [-0.25, -0.2) is 0 Å². The van der Waals surface area contributed by atoms with Crippen LogP contribution in [-0.4, -0.2) is 6.71 Å². The van der Waals surface area contributed by atoms with Crippen molar-refractivity contribution in [3.05, 3.63) is 147 Å². The lowest BCUT2D eigenvalue weighted by atomic mass is 9.35. The molecular weight excluding hydrogens is 840 g/mol. The van der Waals surface area contributed by atoms with Gasteiger partial charge in [0.05, 0.1) is 36.2 Å². The van der Waals surface area contributed by atoms with Gasteiger partial charge in [-0.3, -0.25) is 4.90 Å². The fourth-order valence-corrected chi connectivity index (χ4v) is 11.5. The average Bonchev–Trinajstić information content (AvgIpc) is 1.32. The summed E-state index contributed by atoms with van der Waals surface area (Å²) in [6, 6.07) is -3.35. The van der Waals surface area contributed by atoms with Crippen LogP contribution in [0, 0.1) is 6.85 Å². The minimum absolute atomic E-state index is 0.0265. The Hall–Kier alpha value is -5.42. The van der Waals surface area contributed by atoms with Gasteiger partial charge in [0.25, 0.3) is 0 Å². The summed E-state index contributed by atoms with van der Waals surface area (Å²) in [5.74, 6) is 0.504. The van der Waals surface area contributed by atoms with Crippen molar-refractivity contribution < 1.29 is 32.1 Å². The molecule has 0 N–H and O–H groups in total. The lowest BCUT2D eigenvalue weighted by molar-refractivity contribution is 0.282. The molecule has 0 radical (unpaired) electrons. The summed E-state index contributed by atoms with van der Waals surface area (Å²) >= 11 is 0. The molecule has 356 valence electrons. The molecule has 0 fully saturated rings. The Morgan fingerprint density at radius 1 is 0.580 bits per heavy atom. The lowest BCUT2D eigenvalue weighted by Gasteiger charge is -2.44. The maximum absolute atomic E-state index is 10.7. The number of rotatable bonds is 4. The molecule has 4 aliphatic rings. The van der Waals surface area contributed by atoms with Gasteiger partial charge in [-0.2, -0.15) is 0 Å². The van der Waals surface area contributed by atoms with Gasteiger partial charge >= 0.3 is 6.71 Å². The summed E-state index contributed by atoms with van der Waals surface area (Å²) in [5, 5.41) is 0.573. The third-order valence-corrected chi connectivity index (χ3v) is 16.1. The molecule has 2 aromatic heterocycles. The number of hydrogen-bond donors (Lipinski definition) is 0. The highest BCUT2D eigenvalue weighted by Crippen LogP contribution is 2.57. The predicted molar refractivity (Wildman–Crippen MR) is 294 cm³/mol. The minimum Gasteiger partial charge on any atom is -0.472 e. The van der Waals surface area contributed by atoms with Crippen molar-refractivity contribution in [3.63, 3.8) is 0 Å². The van der Waals surface area contributed by atoms with Crippen molar-refractivity contribution in [1.29, 1.82) is 0 Å². The number of benzene rings is 5. The molecule has 11 rings (SSSR count). The Morgan fingerprint density at radius 2 is 1.16 bits per heavy atom. The van der Waals surface area contributed by atoms with E-state index < -0.39 is 113 Å². The van der Waals surface area contributed by atoms with Crippen molar-refractivity contribution >= 4 is 68.6 Å². The zero-order chi connectivity index (χ0) is 64.0. The molecule has 2 aliphatic heterocycles. The van der Waals surface area contributed by atoms with E-state index in [-0.39, 0.29) is 96.7 Å². The standard InChI is InChI=1S/C64H75BN2O2/c1-38-33-48-53-49(34-38)67(47-28-25-41(59(5,6)7)35-46(47)64(16,17)40-21-19-18-20-22-40)54-51-55(63(14,15)32-31-62(51,12)13)69-56(54)65(53)52-43-36-44-45(61(10,11)30-29-60(44,8)9)37-50(43)68-57(52)66(48)42-26-23-39(24-27-42)58(2,3)4/h18-28,33-37H,29-32H2,1-17H3/i1D3,18D,19D,20D,21D,22D,23D,24D,25D,26D,27D,28D,33D,34D,35D. The van der Waals surface area contributed by atoms with E-state index in [4.69, 9.17) is 12.9 Å². The van der Waals surface area contributed by atoms with Crippen LogP contribution in [0.5, 0.6) is 0 Å². The van der Waals surface area contributed by atoms with Crippen LogP contribution < -0.4 is 26.4 Å². The Kier molecular flexibility index (Phi) is 6.41. The van der Waals surface area contributed by atoms with E-state index in [0.29, 0.717) is 40.6 Å². The third kappa shape index (κ3) is 6.82. The summed E-state index contributed by atoms with van der Waals surface area (Å²) in [5.41, 5.74) is -3.91. The first-order chi connectivity index (χ1) is 39.2. The molecule has 0 amide bonds. The van der Waals surface area contributed by atoms with Gasteiger partial charge in [0.2, 0.25) is 5.88 Å².